The van der Waals surface area contributed by atoms with Crippen LogP contribution in [0.2, 0.25) is 0 Å². The van der Waals surface area contributed by atoms with Crippen LogP contribution in [-0.4, -0.2) is 30.6 Å². The van der Waals surface area contributed by atoms with Crippen molar-refractivity contribution in [3.8, 4) is 0 Å². The highest BCUT2D eigenvalue weighted by molar-refractivity contribution is 5.95. The molecule has 136 valence electrons. The van der Waals surface area contributed by atoms with Crippen molar-refractivity contribution in [2.75, 3.05) is 13.2 Å². The van der Waals surface area contributed by atoms with Crippen LogP contribution in [-0.2, 0) is 19.1 Å². The summed E-state index contributed by atoms with van der Waals surface area (Å²) in [6, 6.07) is 0. The number of ether oxygens (including phenoxy) is 2. The van der Waals surface area contributed by atoms with Crippen molar-refractivity contribution in [2.45, 2.75) is 64.1 Å². The molecule has 1 aliphatic heterocycles. The van der Waals surface area contributed by atoms with Gasteiger partial charge in [0.2, 0.25) is 0 Å². The zero-order valence-electron chi connectivity index (χ0n) is 15.1. The van der Waals surface area contributed by atoms with Gasteiger partial charge < -0.3 is 9.47 Å². The van der Waals surface area contributed by atoms with Crippen molar-refractivity contribution in [2.24, 2.45) is 29.1 Å². The molecule has 0 N–H and O–H groups in total. The molecule has 0 aromatic carbocycles. The minimum atomic E-state index is -0.413. The second-order valence-corrected chi connectivity index (χ2v) is 8.86. The standard InChI is InChI=1S/C21H28O4/c1-2-20-12-17(22)19-14-7-8-21(24-9-10-25-21)11-13(14)3-4-15(19)16(20)5-6-18(20)23/h3,14-16,19H,2,4-12H2,1H3/t14?,15?,16?,19?,20-/m0/s1. The molecule has 0 aromatic rings. The number of carbonyl (C=O) groups excluding carboxylic acids is 2. The highest BCUT2D eigenvalue weighted by Gasteiger charge is 2.61. The second kappa shape index (κ2) is 5.50. The van der Waals surface area contributed by atoms with Crippen LogP contribution < -0.4 is 0 Å². The summed E-state index contributed by atoms with van der Waals surface area (Å²) in [5, 5.41) is 0. The number of rotatable bonds is 1. The third-order valence-corrected chi connectivity index (χ3v) is 8.10. The quantitative estimate of drug-likeness (QED) is 0.684. The number of fused-ring (bicyclic) bond motifs is 5. The van der Waals surface area contributed by atoms with E-state index in [1.54, 1.807) is 0 Å². The Morgan fingerprint density at radius 3 is 2.72 bits per heavy atom. The molecule has 4 fully saturated rings. The SMILES string of the molecule is CC[C@]12CC(=O)C3C4CCC5(CC4=CCC3C1CCC2=O)OCCO5. The zero-order chi connectivity index (χ0) is 17.2. The Morgan fingerprint density at radius 2 is 1.96 bits per heavy atom. The summed E-state index contributed by atoms with van der Waals surface area (Å²) >= 11 is 0. The fourth-order valence-corrected chi connectivity index (χ4v) is 6.96. The van der Waals surface area contributed by atoms with E-state index in [9.17, 15) is 9.59 Å². The van der Waals surface area contributed by atoms with E-state index in [2.05, 4.69) is 13.0 Å². The van der Waals surface area contributed by atoms with Gasteiger partial charge in [-0.3, -0.25) is 9.59 Å². The van der Waals surface area contributed by atoms with E-state index in [-0.39, 0.29) is 11.3 Å². The summed E-state index contributed by atoms with van der Waals surface area (Å²) < 4.78 is 11.8. The molecule has 3 saturated carbocycles. The van der Waals surface area contributed by atoms with Crippen molar-refractivity contribution in [1.82, 2.24) is 0 Å². The highest BCUT2D eigenvalue weighted by Crippen LogP contribution is 2.61. The molecule has 0 bridgehead atoms. The van der Waals surface area contributed by atoms with E-state index in [0.717, 1.165) is 38.5 Å². The lowest BCUT2D eigenvalue weighted by atomic mass is 9.51. The Bertz CT molecular complexity index is 644. The molecule has 0 amide bonds. The minimum absolute atomic E-state index is 0.134. The van der Waals surface area contributed by atoms with Crippen LogP contribution in [0.15, 0.2) is 11.6 Å². The molecule has 1 spiro atoms. The number of hydrogen-bond donors (Lipinski definition) is 0. The topological polar surface area (TPSA) is 52.6 Å². The summed E-state index contributed by atoms with van der Waals surface area (Å²) in [4.78, 5) is 25.8. The van der Waals surface area contributed by atoms with Crippen LogP contribution in [0, 0.1) is 29.1 Å². The Hall–Kier alpha value is -1.00. The van der Waals surface area contributed by atoms with Crippen molar-refractivity contribution in [1.29, 1.82) is 0 Å². The Morgan fingerprint density at radius 1 is 1.16 bits per heavy atom. The maximum absolute atomic E-state index is 13.2. The summed E-state index contributed by atoms with van der Waals surface area (Å²) in [7, 11) is 0. The van der Waals surface area contributed by atoms with Gasteiger partial charge in [0, 0.05) is 37.0 Å². The molecular weight excluding hydrogens is 316 g/mol. The molecule has 5 atom stereocenters. The largest absolute Gasteiger partial charge is 0.347 e. The van der Waals surface area contributed by atoms with Crippen molar-refractivity contribution in [3.05, 3.63) is 11.6 Å². The number of Topliss-reactive ketones (excluding diaryl/α,β-unsaturated/α-hetero) is 2. The number of ketones is 2. The van der Waals surface area contributed by atoms with Crippen molar-refractivity contribution < 1.29 is 19.1 Å². The minimum Gasteiger partial charge on any atom is -0.347 e. The predicted octanol–water partition coefficient (Wildman–Crippen LogP) is 3.44. The number of carbonyl (C=O) groups is 2. The van der Waals surface area contributed by atoms with Gasteiger partial charge in [-0.2, -0.15) is 0 Å². The summed E-state index contributed by atoms with van der Waals surface area (Å²) in [5.74, 6) is 1.59. The first-order valence-corrected chi connectivity index (χ1v) is 10.1. The summed E-state index contributed by atoms with van der Waals surface area (Å²) in [5.41, 5.74) is 1.05. The lowest BCUT2D eigenvalue weighted by molar-refractivity contribution is -0.177. The first-order valence-electron chi connectivity index (χ1n) is 10.1. The number of hydrogen-bond acceptors (Lipinski definition) is 4. The third kappa shape index (κ3) is 2.13. The molecule has 25 heavy (non-hydrogen) atoms. The molecule has 5 aliphatic rings. The Labute approximate surface area is 149 Å². The maximum Gasteiger partial charge on any atom is 0.172 e. The van der Waals surface area contributed by atoms with Gasteiger partial charge in [0.1, 0.15) is 11.6 Å². The maximum atomic E-state index is 13.2. The van der Waals surface area contributed by atoms with Crippen LogP contribution in [0.3, 0.4) is 0 Å². The molecule has 4 unspecified atom stereocenters. The Balaban J connectivity index is 1.47. The van der Waals surface area contributed by atoms with Crippen LogP contribution in [0.1, 0.15) is 58.3 Å². The van der Waals surface area contributed by atoms with Gasteiger partial charge in [-0.05, 0) is 43.4 Å². The first-order chi connectivity index (χ1) is 12.1. The van der Waals surface area contributed by atoms with Gasteiger partial charge in [-0.1, -0.05) is 18.6 Å². The average Bonchev–Trinajstić information content (AvgIpc) is 3.20. The van der Waals surface area contributed by atoms with Gasteiger partial charge in [0.15, 0.2) is 5.79 Å². The molecule has 4 heteroatoms. The average molecular weight is 344 g/mol. The van der Waals surface area contributed by atoms with Gasteiger partial charge in [-0.25, -0.2) is 0 Å². The van der Waals surface area contributed by atoms with Crippen molar-refractivity contribution in [3.63, 3.8) is 0 Å². The van der Waals surface area contributed by atoms with E-state index in [4.69, 9.17) is 9.47 Å². The monoisotopic (exact) mass is 344 g/mol. The Kier molecular flexibility index (Phi) is 3.56. The smallest absolute Gasteiger partial charge is 0.172 e. The molecular formula is C21H28O4. The van der Waals surface area contributed by atoms with E-state index in [0.29, 0.717) is 55.4 Å². The van der Waals surface area contributed by atoms with Crippen LogP contribution >= 0.6 is 0 Å². The molecule has 4 aliphatic carbocycles. The van der Waals surface area contributed by atoms with E-state index < -0.39 is 5.79 Å². The second-order valence-electron chi connectivity index (χ2n) is 8.86. The summed E-state index contributed by atoms with van der Waals surface area (Å²) in [6.45, 7) is 3.48. The van der Waals surface area contributed by atoms with Crippen LogP contribution in [0.5, 0.6) is 0 Å². The fourth-order valence-electron chi connectivity index (χ4n) is 6.96. The number of allylic oxidation sites excluding steroid dienone is 1. The van der Waals surface area contributed by atoms with E-state index in [1.165, 1.54) is 5.57 Å². The molecule has 1 saturated heterocycles. The molecule has 0 radical (unpaired) electrons. The third-order valence-electron chi connectivity index (χ3n) is 8.10. The normalized spacial score (nSPS) is 45.1. The van der Waals surface area contributed by atoms with Gasteiger partial charge in [0.25, 0.3) is 0 Å². The van der Waals surface area contributed by atoms with E-state index >= 15 is 0 Å². The fraction of sp³-hybridized carbons (Fsp3) is 0.810. The predicted molar refractivity (Wildman–Crippen MR) is 91.7 cm³/mol. The first kappa shape index (κ1) is 16.2. The van der Waals surface area contributed by atoms with Crippen LogP contribution in [0.4, 0.5) is 0 Å². The lowest BCUT2D eigenvalue weighted by Gasteiger charge is -2.52. The van der Waals surface area contributed by atoms with Crippen LogP contribution in [0.25, 0.3) is 0 Å². The van der Waals surface area contributed by atoms with Gasteiger partial charge >= 0.3 is 0 Å². The van der Waals surface area contributed by atoms with Crippen molar-refractivity contribution >= 4 is 11.6 Å². The highest BCUT2D eigenvalue weighted by atomic mass is 16.7. The van der Waals surface area contributed by atoms with Gasteiger partial charge in [0.05, 0.1) is 13.2 Å². The summed E-state index contributed by atoms with van der Waals surface area (Å²) in [6.07, 6.45) is 9.04. The molecule has 4 nitrogen and oxygen atoms in total. The molecule has 0 aromatic heterocycles. The van der Waals surface area contributed by atoms with E-state index in [1.807, 2.05) is 0 Å². The lowest BCUT2D eigenvalue weighted by Crippen LogP contribution is -2.53. The molecule has 5 rings (SSSR count). The van der Waals surface area contributed by atoms with Gasteiger partial charge in [-0.15, -0.1) is 0 Å². The zero-order valence-corrected chi connectivity index (χ0v) is 15.1. The molecule has 1 heterocycles.